The fourth-order valence-electron chi connectivity index (χ4n) is 2.91. The molecule has 164 valence electrons. The number of hydrogen-bond acceptors (Lipinski definition) is 4. The summed E-state index contributed by atoms with van der Waals surface area (Å²) >= 11 is 0. The molecule has 0 atom stereocenters. The molecule has 0 saturated carbocycles. The van der Waals surface area contributed by atoms with Crippen LogP contribution < -0.4 is 10.6 Å². The third-order valence-electron chi connectivity index (χ3n) is 4.67. The SMILES string of the molecule is Cc1ccc(NC(=O)CNc2cccc(C#Cc3ccccc3)c2)cc1S(=O)(=O)N(C)C. The van der Waals surface area contributed by atoms with Gasteiger partial charge in [-0.2, -0.15) is 0 Å². The molecule has 0 aliphatic carbocycles. The fourth-order valence-corrected chi connectivity index (χ4v) is 4.06. The maximum atomic E-state index is 12.5. The monoisotopic (exact) mass is 447 g/mol. The van der Waals surface area contributed by atoms with Crippen LogP contribution in [0.15, 0.2) is 77.7 Å². The van der Waals surface area contributed by atoms with Crippen molar-refractivity contribution < 1.29 is 13.2 Å². The maximum Gasteiger partial charge on any atom is 0.243 e. The van der Waals surface area contributed by atoms with E-state index in [2.05, 4.69) is 22.5 Å². The minimum absolute atomic E-state index is 0.0270. The number of aryl methyl sites for hydroxylation is 1. The number of sulfonamides is 1. The summed E-state index contributed by atoms with van der Waals surface area (Å²) in [6.45, 7) is 1.75. The van der Waals surface area contributed by atoms with Gasteiger partial charge in [0.05, 0.1) is 11.4 Å². The van der Waals surface area contributed by atoms with Crippen molar-refractivity contribution in [3.63, 3.8) is 0 Å². The summed E-state index contributed by atoms with van der Waals surface area (Å²) in [5.74, 6) is 5.93. The molecule has 7 heteroatoms. The third kappa shape index (κ3) is 5.97. The van der Waals surface area contributed by atoms with E-state index in [0.29, 0.717) is 11.3 Å². The van der Waals surface area contributed by atoms with Crippen LogP contribution >= 0.6 is 0 Å². The molecule has 0 heterocycles. The lowest BCUT2D eigenvalue weighted by Crippen LogP contribution is -2.24. The van der Waals surface area contributed by atoms with Crippen molar-refractivity contribution in [2.75, 3.05) is 31.3 Å². The molecule has 32 heavy (non-hydrogen) atoms. The second-order valence-electron chi connectivity index (χ2n) is 7.37. The van der Waals surface area contributed by atoms with Gasteiger partial charge in [0.25, 0.3) is 0 Å². The highest BCUT2D eigenvalue weighted by molar-refractivity contribution is 7.89. The lowest BCUT2D eigenvalue weighted by Gasteiger charge is -2.15. The van der Waals surface area contributed by atoms with Gasteiger partial charge in [-0.15, -0.1) is 0 Å². The van der Waals surface area contributed by atoms with Crippen molar-refractivity contribution in [3.05, 3.63) is 89.5 Å². The predicted octanol–water partition coefficient (Wildman–Crippen LogP) is 3.70. The second kappa shape index (κ2) is 10.1. The number of benzene rings is 3. The van der Waals surface area contributed by atoms with Crippen LogP contribution in [0.1, 0.15) is 16.7 Å². The Hall–Kier alpha value is -3.60. The summed E-state index contributed by atoms with van der Waals surface area (Å²) in [5.41, 5.74) is 3.56. The summed E-state index contributed by atoms with van der Waals surface area (Å²) in [4.78, 5) is 12.6. The number of carbonyl (C=O) groups is 1. The molecule has 0 aliphatic heterocycles. The lowest BCUT2D eigenvalue weighted by molar-refractivity contribution is -0.114. The van der Waals surface area contributed by atoms with Gasteiger partial charge >= 0.3 is 0 Å². The minimum Gasteiger partial charge on any atom is -0.376 e. The van der Waals surface area contributed by atoms with Gasteiger partial charge < -0.3 is 10.6 Å². The van der Waals surface area contributed by atoms with Gasteiger partial charge in [0.2, 0.25) is 15.9 Å². The molecule has 0 aromatic heterocycles. The van der Waals surface area contributed by atoms with Crippen LogP contribution in [0.5, 0.6) is 0 Å². The van der Waals surface area contributed by atoms with Gasteiger partial charge in [-0.3, -0.25) is 4.79 Å². The van der Waals surface area contributed by atoms with Gasteiger partial charge in [-0.25, -0.2) is 12.7 Å². The van der Waals surface area contributed by atoms with Gasteiger partial charge in [-0.05, 0) is 55.0 Å². The van der Waals surface area contributed by atoms with E-state index in [1.165, 1.54) is 20.2 Å². The van der Waals surface area contributed by atoms with E-state index in [4.69, 9.17) is 0 Å². The highest BCUT2D eigenvalue weighted by atomic mass is 32.2. The Balaban J connectivity index is 1.64. The predicted molar refractivity (Wildman–Crippen MR) is 128 cm³/mol. The Bertz CT molecular complexity index is 1270. The van der Waals surface area contributed by atoms with E-state index in [9.17, 15) is 13.2 Å². The van der Waals surface area contributed by atoms with Crippen LogP contribution in [-0.4, -0.2) is 39.3 Å². The molecule has 0 fully saturated rings. The van der Waals surface area contributed by atoms with Crippen molar-refractivity contribution in [2.24, 2.45) is 0 Å². The average molecular weight is 448 g/mol. The smallest absolute Gasteiger partial charge is 0.243 e. The van der Waals surface area contributed by atoms with E-state index >= 15 is 0 Å². The molecular weight excluding hydrogens is 422 g/mol. The normalized spacial score (nSPS) is 10.9. The fraction of sp³-hybridized carbons (Fsp3) is 0.160. The van der Waals surface area contributed by atoms with Crippen LogP contribution in [0.3, 0.4) is 0 Å². The first kappa shape index (κ1) is 23.1. The zero-order valence-corrected chi connectivity index (χ0v) is 19.0. The summed E-state index contributed by atoms with van der Waals surface area (Å²) in [6, 6.07) is 22.0. The molecule has 2 N–H and O–H groups in total. The Labute approximate surface area is 189 Å². The first-order chi connectivity index (χ1) is 15.3. The zero-order valence-electron chi connectivity index (χ0n) is 18.2. The van der Waals surface area contributed by atoms with Crippen LogP contribution in [0.4, 0.5) is 11.4 Å². The molecule has 0 unspecified atom stereocenters. The van der Waals surface area contributed by atoms with E-state index < -0.39 is 10.0 Å². The number of rotatable bonds is 6. The highest BCUT2D eigenvalue weighted by Gasteiger charge is 2.20. The van der Waals surface area contributed by atoms with E-state index in [0.717, 1.165) is 21.1 Å². The number of amides is 1. The van der Waals surface area contributed by atoms with Crippen LogP contribution in [0, 0.1) is 18.8 Å². The molecule has 0 radical (unpaired) electrons. The zero-order chi connectivity index (χ0) is 23.1. The number of carbonyl (C=O) groups excluding carboxylic acids is 1. The minimum atomic E-state index is -3.60. The van der Waals surface area contributed by atoms with E-state index in [1.54, 1.807) is 19.1 Å². The van der Waals surface area contributed by atoms with Gasteiger partial charge in [0.15, 0.2) is 0 Å². The van der Waals surface area contributed by atoms with Crippen LogP contribution in [-0.2, 0) is 14.8 Å². The van der Waals surface area contributed by atoms with Gasteiger partial charge in [-0.1, -0.05) is 42.2 Å². The second-order valence-corrected chi connectivity index (χ2v) is 9.49. The molecule has 1 amide bonds. The van der Waals surface area contributed by atoms with Crippen LogP contribution in [0.25, 0.3) is 0 Å². The molecule has 6 nitrogen and oxygen atoms in total. The van der Waals surface area contributed by atoms with E-state index in [-0.39, 0.29) is 17.3 Å². The van der Waals surface area contributed by atoms with E-state index in [1.807, 2.05) is 54.6 Å². The Kier molecular flexibility index (Phi) is 7.31. The Morgan fingerprint density at radius 3 is 2.28 bits per heavy atom. The molecule has 3 aromatic carbocycles. The molecule has 3 aromatic rings. The lowest BCUT2D eigenvalue weighted by atomic mass is 10.1. The van der Waals surface area contributed by atoms with Crippen molar-refractivity contribution in [2.45, 2.75) is 11.8 Å². The number of anilines is 2. The molecule has 0 spiro atoms. The van der Waals surface area contributed by atoms with Crippen molar-refractivity contribution in [1.29, 1.82) is 0 Å². The largest absolute Gasteiger partial charge is 0.376 e. The summed E-state index contributed by atoms with van der Waals surface area (Å²) in [5, 5.41) is 5.81. The Morgan fingerprint density at radius 1 is 0.875 bits per heavy atom. The number of nitrogens with zero attached hydrogens (tertiary/aromatic N) is 1. The van der Waals surface area contributed by atoms with Gasteiger partial charge in [0, 0.05) is 36.6 Å². The maximum absolute atomic E-state index is 12.5. The highest BCUT2D eigenvalue weighted by Crippen LogP contribution is 2.22. The summed E-state index contributed by atoms with van der Waals surface area (Å²) in [6.07, 6.45) is 0. The number of hydrogen-bond donors (Lipinski definition) is 2. The summed E-state index contributed by atoms with van der Waals surface area (Å²) < 4.78 is 26.1. The summed E-state index contributed by atoms with van der Waals surface area (Å²) in [7, 11) is -0.649. The quantitative estimate of drug-likeness (QED) is 0.565. The first-order valence-corrected chi connectivity index (χ1v) is 11.4. The molecule has 3 rings (SSSR count). The topological polar surface area (TPSA) is 78.5 Å². The molecule has 0 bridgehead atoms. The third-order valence-corrected chi connectivity index (χ3v) is 6.63. The van der Waals surface area contributed by atoms with Crippen molar-refractivity contribution in [3.8, 4) is 11.8 Å². The standard InChI is InChI=1S/C25H25N3O3S/c1-19-12-15-23(17-24(19)32(30,31)28(2)3)27-25(29)18-26-22-11-7-10-21(16-22)14-13-20-8-5-4-6-9-20/h4-12,15-17,26H,18H2,1-3H3,(H,27,29). The first-order valence-electron chi connectivity index (χ1n) is 10.00. The molecule has 0 saturated heterocycles. The number of nitrogens with one attached hydrogen (secondary N) is 2. The average Bonchev–Trinajstić information content (AvgIpc) is 2.78. The molecular formula is C25H25N3O3S. The van der Waals surface area contributed by atoms with Gasteiger partial charge in [0.1, 0.15) is 0 Å². The molecule has 0 aliphatic rings. The van der Waals surface area contributed by atoms with Crippen molar-refractivity contribution in [1.82, 2.24) is 4.31 Å². The van der Waals surface area contributed by atoms with Crippen LogP contribution in [0.2, 0.25) is 0 Å². The van der Waals surface area contributed by atoms with Crippen molar-refractivity contribution >= 4 is 27.3 Å². The Morgan fingerprint density at radius 2 is 1.56 bits per heavy atom.